The van der Waals surface area contributed by atoms with Gasteiger partial charge in [-0.15, -0.1) is 0 Å². The first kappa shape index (κ1) is 16.7. The fourth-order valence-electron chi connectivity index (χ4n) is 2.69. The van der Waals surface area contributed by atoms with Crippen LogP contribution in [0.2, 0.25) is 0 Å². The molecule has 6 nitrogen and oxygen atoms in total. The molecule has 1 aliphatic heterocycles. The summed E-state index contributed by atoms with van der Waals surface area (Å²) >= 11 is 0. The lowest BCUT2D eigenvalue weighted by atomic mass is 10.2. The lowest BCUT2D eigenvalue weighted by Gasteiger charge is -2.25. The van der Waals surface area contributed by atoms with Gasteiger partial charge >= 0.3 is 0 Å². The second kappa shape index (κ2) is 7.19. The number of carbonyl (C=O) groups is 1. The van der Waals surface area contributed by atoms with Crippen molar-refractivity contribution in [1.29, 1.82) is 0 Å². The lowest BCUT2D eigenvalue weighted by Crippen LogP contribution is -2.35. The Hall–Kier alpha value is -2.12. The Morgan fingerprint density at radius 1 is 1.08 bits per heavy atom. The molecular formula is C17H20N2O4S. The number of ketones is 1. The van der Waals surface area contributed by atoms with E-state index in [4.69, 9.17) is 4.74 Å². The third-order valence-corrected chi connectivity index (χ3v) is 5.96. The molecule has 128 valence electrons. The fourth-order valence-corrected chi connectivity index (χ4v) is 4.21. The van der Waals surface area contributed by atoms with E-state index in [9.17, 15) is 13.2 Å². The standard InChI is InChI=1S/C17H20N2O4S/c20-17(16-5-4-10-18-16)13-23-14-6-8-15(9-7-14)24(21,22)19-11-2-1-3-12-19/h4-10,18H,1-3,11-13H2. The Labute approximate surface area is 141 Å². The molecule has 0 atom stereocenters. The zero-order valence-corrected chi connectivity index (χ0v) is 14.1. The van der Waals surface area contributed by atoms with Crippen molar-refractivity contribution < 1.29 is 17.9 Å². The number of Topliss-reactive ketones (excluding diaryl/α,β-unsaturated/α-hetero) is 1. The van der Waals surface area contributed by atoms with Crippen molar-refractivity contribution in [2.75, 3.05) is 19.7 Å². The van der Waals surface area contributed by atoms with E-state index in [1.165, 1.54) is 16.4 Å². The van der Waals surface area contributed by atoms with Crippen molar-refractivity contribution in [2.24, 2.45) is 0 Å². The molecule has 0 amide bonds. The maximum atomic E-state index is 12.5. The van der Waals surface area contributed by atoms with Gasteiger partial charge in [0.05, 0.1) is 10.6 Å². The van der Waals surface area contributed by atoms with Gasteiger partial charge in [0.15, 0.2) is 6.61 Å². The molecule has 3 rings (SSSR count). The molecule has 0 saturated carbocycles. The predicted octanol–water partition coefficient (Wildman–Crippen LogP) is 2.45. The summed E-state index contributed by atoms with van der Waals surface area (Å²) < 4.78 is 32.0. The Bertz CT molecular complexity index is 777. The molecule has 1 N–H and O–H groups in total. The number of H-pyrrole nitrogens is 1. The first-order chi connectivity index (χ1) is 11.6. The van der Waals surface area contributed by atoms with Crippen LogP contribution in [0.3, 0.4) is 0 Å². The molecule has 1 aliphatic rings. The summed E-state index contributed by atoms with van der Waals surface area (Å²) in [4.78, 5) is 14.9. The van der Waals surface area contributed by atoms with Crippen LogP contribution >= 0.6 is 0 Å². The van der Waals surface area contributed by atoms with Crippen LogP contribution in [-0.4, -0.2) is 43.2 Å². The number of aromatic amines is 1. The van der Waals surface area contributed by atoms with E-state index in [-0.39, 0.29) is 17.3 Å². The van der Waals surface area contributed by atoms with Gasteiger partial charge in [0.1, 0.15) is 5.75 Å². The minimum Gasteiger partial charge on any atom is -0.485 e. The van der Waals surface area contributed by atoms with Gasteiger partial charge < -0.3 is 9.72 Å². The minimum absolute atomic E-state index is 0.0985. The van der Waals surface area contributed by atoms with Crippen molar-refractivity contribution in [1.82, 2.24) is 9.29 Å². The molecule has 24 heavy (non-hydrogen) atoms. The highest BCUT2D eigenvalue weighted by Crippen LogP contribution is 2.22. The second-order valence-electron chi connectivity index (χ2n) is 5.73. The number of hydrogen-bond donors (Lipinski definition) is 1. The SMILES string of the molecule is O=C(COc1ccc(S(=O)(=O)N2CCCCC2)cc1)c1ccc[nH]1. The largest absolute Gasteiger partial charge is 0.485 e. The van der Waals surface area contributed by atoms with Gasteiger partial charge in [0.2, 0.25) is 15.8 Å². The summed E-state index contributed by atoms with van der Waals surface area (Å²) in [6.45, 7) is 1.05. The number of aromatic nitrogens is 1. The van der Waals surface area contributed by atoms with Gasteiger partial charge in [-0.05, 0) is 49.2 Å². The zero-order chi connectivity index (χ0) is 17.0. The number of rotatable bonds is 6. The highest BCUT2D eigenvalue weighted by molar-refractivity contribution is 7.89. The van der Waals surface area contributed by atoms with Gasteiger partial charge in [0.25, 0.3) is 0 Å². The fraction of sp³-hybridized carbons (Fsp3) is 0.353. The van der Waals surface area contributed by atoms with Crippen LogP contribution in [0.25, 0.3) is 0 Å². The Morgan fingerprint density at radius 3 is 2.42 bits per heavy atom. The lowest BCUT2D eigenvalue weighted by molar-refractivity contribution is 0.0917. The molecule has 0 unspecified atom stereocenters. The number of piperidine rings is 1. The van der Waals surface area contributed by atoms with E-state index < -0.39 is 10.0 Å². The van der Waals surface area contributed by atoms with E-state index in [2.05, 4.69) is 4.98 Å². The smallest absolute Gasteiger partial charge is 0.243 e. The van der Waals surface area contributed by atoms with Crippen molar-refractivity contribution in [3.63, 3.8) is 0 Å². The van der Waals surface area contributed by atoms with E-state index in [1.807, 2.05) is 0 Å². The first-order valence-electron chi connectivity index (χ1n) is 7.97. The number of nitrogens with zero attached hydrogens (tertiary/aromatic N) is 1. The highest BCUT2D eigenvalue weighted by Gasteiger charge is 2.25. The first-order valence-corrected chi connectivity index (χ1v) is 9.41. The molecule has 1 saturated heterocycles. The average molecular weight is 348 g/mol. The van der Waals surface area contributed by atoms with Crippen molar-refractivity contribution >= 4 is 15.8 Å². The Morgan fingerprint density at radius 2 is 1.79 bits per heavy atom. The van der Waals surface area contributed by atoms with Crippen LogP contribution in [0.4, 0.5) is 0 Å². The number of hydrogen-bond acceptors (Lipinski definition) is 4. The van der Waals surface area contributed by atoms with E-state index in [1.54, 1.807) is 30.5 Å². The van der Waals surface area contributed by atoms with E-state index >= 15 is 0 Å². The molecule has 1 fully saturated rings. The molecular weight excluding hydrogens is 328 g/mol. The van der Waals surface area contributed by atoms with Crippen LogP contribution in [-0.2, 0) is 10.0 Å². The Balaban J connectivity index is 1.63. The quantitative estimate of drug-likeness (QED) is 0.813. The summed E-state index contributed by atoms with van der Waals surface area (Å²) in [5, 5.41) is 0. The third-order valence-electron chi connectivity index (χ3n) is 4.04. The molecule has 0 aliphatic carbocycles. The van der Waals surface area contributed by atoms with Crippen LogP contribution in [0.1, 0.15) is 29.8 Å². The molecule has 2 aromatic rings. The topological polar surface area (TPSA) is 79.5 Å². The van der Waals surface area contributed by atoms with Crippen molar-refractivity contribution in [3.05, 3.63) is 48.3 Å². The number of carbonyl (C=O) groups excluding carboxylic acids is 1. The third kappa shape index (κ3) is 3.68. The number of nitrogens with one attached hydrogen (secondary N) is 1. The molecule has 1 aromatic heterocycles. The maximum Gasteiger partial charge on any atom is 0.243 e. The van der Waals surface area contributed by atoms with Gasteiger partial charge in [-0.3, -0.25) is 4.79 Å². The number of sulfonamides is 1. The van der Waals surface area contributed by atoms with Crippen LogP contribution < -0.4 is 4.74 Å². The summed E-state index contributed by atoms with van der Waals surface area (Å²) in [7, 11) is -3.44. The predicted molar refractivity (Wildman–Crippen MR) is 89.7 cm³/mol. The van der Waals surface area contributed by atoms with E-state index in [0.717, 1.165) is 19.3 Å². The summed E-state index contributed by atoms with van der Waals surface area (Å²) in [5.74, 6) is 0.303. The second-order valence-corrected chi connectivity index (χ2v) is 7.67. The van der Waals surface area contributed by atoms with E-state index in [0.29, 0.717) is 24.5 Å². The summed E-state index contributed by atoms with van der Waals surface area (Å²) in [6, 6.07) is 9.64. The van der Waals surface area contributed by atoms with Gasteiger partial charge in [-0.2, -0.15) is 4.31 Å². The average Bonchev–Trinajstić information content (AvgIpc) is 3.15. The zero-order valence-electron chi connectivity index (χ0n) is 13.3. The Kier molecular flexibility index (Phi) is 5.01. The number of ether oxygens (including phenoxy) is 1. The van der Waals surface area contributed by atoms with Gasteiger partial charge in [-0.25, -0.2) is 8.42 Å². The number of benzene rings is 1. The van der Waals surface area contributed by atoms with Crippen LogP contribution in [0.15, 0.2) is 47.5 Å². The summed E-state index contributed by atoms with van der Waals surface area (Å²) in [5.41, 5.74) is 0.485. The normalized spacial score (nSPS) is 16.0. The van der Waals surface area contributed by atoms with Crippen molar-refractivity contribution in [3.8, 4) is 5.75 Å². The van der Waals surface area contributed by atoms with Gasteiger partial charge in [0, 0.05) is 19.3 Å². The van der Waals surface area contributed by atoms with Crippen LogP contribution in [0, 0.1) is 0 Å². The molecule has 2 heterocycles. The van der Waals surface area contributed by atoms with Gasteiger partial charge in [-0.1, -0.05) is 6.42 Å². The molecule has 0 bridgehead atoms. The molecule has 1 aromatic carbocycles. The van der Waals surface area contributed by atoms with Crippen molar-refractivity contribution in [2.45, 2.75) is 24.2 Å². The highest BCUT2D eigenvalue weighted by atomic mass is 32.2. The summed E-state index contributed by atoms with van der Waals surface area (Å²) in [6.07, 6.45) is 4.56. The van der Waals surface area contributed by atoms with Crippen LogP contribution in [0.5, 0.6) is 5.75 Å². The minimum atomic E-state index is -3.44. The molecule has 0 spiro atoms. The monoisotopic (exact) mass is 348 g/mol. The molecule has 7 heteroatoms. The maximum absolute atomic E-state index is 12.5. The molecule has 0 radical (unpaired) electrons.